The number of carbonyl (C=O) groups is 3. The lowest BCUT2D eigenvalue weighted by Crippen LogP contribution is -2.45. The predicted octanol–water partition coefficient (Wildman–Crippen LogP) is 6.02. The molecule has 0 unspecified atom stereocenters. The minimum absolute atomic E-state index is 0.000885. The van der Waals surface area contributed by atoms with Gasteiger partial charge in [0.15, 0.2) is 0 Å². The third-order valence-corrected chi connectivity index (χ3v) is 8.41. The number of aliphatic hydroxyl groups excluding tert-OH is 1. The van der Waals surface area contributed by atoms with Gasteiger partial charge in [0.25, 0.3) is 0 Å². The molecule has 0 bridgehead atoms. The van der Waals surface area contributed by atoms with Crippen molar-refractivity contribution in [1.29, 1.82) is 0 Å². The van der Waals surface area contributed by atoms with Crippen LogP contribution in [0.25, 0.3) is 0 Å². The first-order chi connectivity index (χ1) is 21.4. The number of nitrogens with zero attached hydrogens (tertiary/aromatic N) is 1. The number of benzene rings is 2. The topological polar surface area (TPSA) is 95.9 Å². The lowest BCUT2D eigenvalue weighted by atomic mass is 9.84. The maximum absolute atomic E-state index is 13.6. The number of amides is 2. The molecule has 3 atom stereocenters. The fourth-order valence-corrected chi connectivity index (χ4v) is 6.02. The maximum atomic E-state index is 13.6. The zero-order chi connectivity index (χ0) is 31.6. The lowest BCUT2D eigenvalue weighted by Gasteiger charge is -2.29. The van der Waals surface area contributed by atoms with Crippen LogP contribution in [0, 0.1) is 17.8 Å². The molecule has 0 radical (unpaired) electrons. The van der Waals surface area contributed by atoms with E-state index in [1.165, 1.54) is 19.3 Å². The van der Waals surface area contributed by atoms with Crippen molar-refractivity contribution >= 4 is 17.8 Å². The summed E-state index contributed by atoms with van der Waals surface area (Å²) in [5.74, 6) is -1.26. The Labute approximate surface area is 263 Å². The van der Waals surface area contributed by atoms with Crippen LogP contribution in [0.15, 0.2) is 86.0 Å². The fourth-order valence-electron chi connectivity index (χ4n) is 6.02. The van der Waals surface area contributed by atoms with Crippen molar-refractivity contribution in [3.05, 3.63) is 97.1 Å². The number of nitrogens with one attached hydrogen (secondary N) is 1. The smallest absolute Gasteiger partial charge is 0.309 e. The molecule has 3 rings (SSSR count). The molecular formula is C37H50N2O5. The first-order valence-electron chi connectivity index (χ1n) is 16.1. The number of aliphatic hydroxyl groups is 1. The summed E-state index contributed by atoms with van der Waals surface area (Å²) in [6.07, 6.45) is 11.3. The highest BCUT2D eigenvalue weighted by molar-refractivity contribution is 5.86. The van der Waals surface area contributed by atoms with E-state index in [9.17, 15) is 19.5 Å². The summed E-state index contributed by atoms with van der Waals surface area (Å²) >= 11 is 0. The largest absolute Gasteiger partial charge is 0.463 e. The number of carbonyl (C=O) groups excluding carboxylic acids is 3. The van der Waals surface area contributed by atoms with Gasteiger partial charge in [0.1, 0.15) is 6.61 Å². The van der Waals surface area contributed by atoms with Crippen molar-refractivity contribution in [2.75, 3.05) is 19.8 Å². The van der Waals surface area contributed by atoms with Gasteiger partial charge in [-0.05, 0) is 42.7 Å². The Balaban J connectivity index is 1.67. The van der Waals surface area contributed by atoms with Crippen molar-refractivity contribution in [2.24, 2.45) is 17.8 Å². The molecule has 1 fully saturated rings. The molecule has 0 aromatic heterocycles. The fraction of sp³-hybridized carbons (Fsp3) is 0.486. The highest BCUT2D eigenvalue weighted by Gasteiger charge is 2.29. The third-order valence-electron chi connectivity index (χ3n) is 8.41. The Morgan fingerprint density at radius 3 is 2.14 bits per heavy atom. The van der Waals surface area contributed by atoms with E-state index < -0.39 is 5.92 Å². The van der Waals surface area contributed by atoms with Gasteiger partial charge in [-0.25, -0.2) is 0 Å². The first kappa shape index (κ1) is 34.8. The molecule has 1 aliphatic rings. The predicted molar refractivity (Wildman–Crippen MR) is 174 cm³/mol. The molecule has 0 aliphatic heterocycles. The van der Waals surface area contributed by atoms with Gasteiger partial charge in [-0.3, -0.25) is 14.4 Å². The number of ether oxygens (including phenoxy) is 1. The van der Waals surface area contributed by atoms with Gasteiger partial charge in [-0.2, -0.15) is 0 Å². The SMILES string of the molecule is C=CC[C@H](CC(=O)N(CCO)Cc1ccccc1)C(=O)N[C@H](COC(=O)[C@@H](CC=C)Cc1ccccc1)CC1CCCCC1. The molecule has 2 aromatic carbocycles. The van der Waals surface area contributed by atoms with Crippen LogP contribution in [0.1, 0.15) is 68.9 Å². The molecule has 0 spiro atoms. The summed E-state index contributed by atoms with van der Waals surface area (Å²) in [7, 11) is 0. The molecule has 238 valence electrons. The Hall–Kier alpha value is -3.71. The third kappa shape index (κ3) is 12.1. The first-order valence-corrected chi connectivity index (χ1v) is 16.1. The van der Waals surface area contributed by atoms with Crippen LogP contribution < -0.4 is 5.32 Å². The molecule has 7 nitrogen and oxygen atoms in total. The van der Waals surface area contributed by atoms with Crippen molar-refractivity contribution in [3.8, 4) is 0 Å². The summed E-state index contributed by atoms with van der Waals surface area (Å²) in [6, 6.07) is 19.1. The van der Waals surface area contributed by atoms with E-state index in [1.807, 2.05) is 60.7 Å². The highest BCUT2D eigenvalue weighted by atomic mass is 16.5. The van der Waals surface area contributed by atoms with Crippen molar-refractivity contribution in [3.63, 3.8) is 0 Å². The standard InChI is InChI=1S/C37H50N2O5/c1-3-14-32(26-35(41)39(22-23-40)27-31-20-12-7-13-21-31)36(42)38-34(25-30-18-10-6-11-19-30)28-44-37(43)33(15-4-2)24-29-16-8-5-9-17-29/h3-5,7-9,12-13,16-17,20-21,30,32-34,40H,1-2,6,10-11,14-15,18-19,22-28H2,(H,38,42)/t32-,33+,34+/m1/s1. The van der Waals surface area contributed by atoms with Crippen LogP contribution in [0.4, 0.5) is 0 Å². The van der Waals surface area contributed by atoms with E-state index in [2.05, 4.69) is 18.5 Å². The van der Waals surface area contributed by atoms with Gasteiger partial charge >= 0.3 is 5.97 Å². The summed E-state index contributed by atoms with van der Waals surface area (Å²) in [5.41, 5.74) is 2.01. The Morgan fingerprint density at radius 1 is 0.909 bits per heavy atom. The van der Waals surface area contributed by atoms with Crippen LogP contribution in [0.5, 0.6) is 0 Å². The molecular weight excluding hydrogens is 552 g/mol. The van der Waals surface area contributed by atoms with Crippen molar-refractivity contribution in [1.82, 2.24) is 10.2 Å². The summed E-state index contributed by atoms with van der Waals surface area (Å²) in [5, 5.41) is 12.8. The number of allylic oxidation sites excluding steroid dienone is 2. The van der Waals surface area contributed by atoms with Gasteiger partial charge in [0.05, 0.1) is 24.5 Å². The number of esters is 1. The van der Waals surface area contributed by atoms with Gasteiger partial charge in [-0.15, -0.1) is 13.2 Å². The van der Waals surface area contributed by atoms with E-state index in [0.29, 0.717) is 31.7 Å². The van der Waals surface area contributed by atoms with E-state index in [0.717, 1.165) is 30.4 Å². The zero-order valence-corrected chi connectivity index (χ0v) is 26.1. The van der Waals surface area contributed by atoms with Crippen molar-refractivity contribution in [2.45, 2.75) is 76.8 Å². The Morgan fingerprint density at radius 2 is 1.52 bits per heavy atom. The molecule has 44 heavy (non-hydrogen) atoms. The van der Waals surface area contributed by atoms with Crippen molar-refractivity contribution < 1.29 is 24.2 Å². The molecule has 2 aromatic rings. The molecule has 2 amide bonds. The average Bonchev–Trinajstić information content (AvgIpc) is 3.04. The van der Waals surface area contributed by atoms with Crippen LogP contribution in [-0.4, -0.2) is 53.6 Å². The molecule has 1 aliphatic carbocycles. The van der Waals surface area contributed by atoms with E-state index in [-0.39, 0.29) is 55.9 Å². The summed E-state index contributed by atoms with van der Waals surface area (Å²) in [4.78, 5) is 41.8. The molecule has 0 heterocycles. The Kier molecular flexibility index (Phi) is 15.4. The van der Waals surface area contributed by atoms with Gasteiger partial charge in [0.2, 0.25) is 11.8 Å². The van der Waals surface area contributed by atoms with Crippen LogP contribution in [0.2, 0.25) is 0 Å². The lowest BCUT2D eigenvalue weighted by molar-refractivity contribution is -0.150. The Bertz CT molecular complexity index is 1160. The monoisotopic (exact) mass is 602 g/mol. The van der Waals surface area contributed by atoms with Crippen LogP contribution in [-0.2, 0) is 32.1 Å². The second kappa shape index (κ2) is 19.5. The average molecular weight is 603 g/mol. The van der Waals surface area contributed by atoms with E-state index >= 15 is 0 Å². The van der Waals surface area contributed by atoms with E-state index in [4.69, 9.17) is 4.74 Å². The minimum atomic E-state index is -0.617. The molecule has 0 saturated heterocycles. The van der Waals surface area contributed by atoms with Gasteiger partial charge in [0, 0.05) is 19.5 Å². The number of rotatable bonds is 19. The van der Waals surface area contributed by atoms with Gasteiger partial charge < -0.3 is 20.1 Å². The van der Waals surface area contributed by atoms with Gasteiger partial charge in [-0.1, -0.05) is 105 Å². The molecule has 1 saturated carbocycles. The number of hydrogen-bond acceptors (Lipinski definition) is 5. The molecule has 7 heteroatoms. The number of hydrogen-bond donors (Lipinski definition) is 2. The maximum Gasteiger partial charge on any atom is 0.309 e. The summed E-state index contributed by atoms with van der Waals surface area (Å²) < 4.78 is 5.87. The van der Waals surface area contributed by atoms with Crippen LogP contribution >= 0.6 is 0 Å². The molecule has 2 N–H and O–H groups in total. The second-order valence-electron chi connectivity index (χ2n) is 11.9. The highest BCUT2D eigenvalue weighted by Crippen LogP contribution is 2.28. The second-order valence-corrected chi connectivity index (χ2v) is 11.9. The van der Waals surface area contributed by atoms with Crippen LogP contribution in [0.3, 0.4) is 0 Å². The zero-order valence-electron chi connectivity index (χ0n) is 26.1. The quantitative estimate of drug-likeness (QED) is 0.151. The van der Waals surface area contributed by atoms with E-state index in [1.54, 1.807) is 17.1 Å². The summed E-state index contributed by atoms with van der Waals surface area (Å²) in [6.45, 7) is 8.11. The minimum Gasteiger partial charge on any atom is -0.463 e. The normalized spacial score (nSPS) is 15.4.